The van der Waals surface area contributed by atoms with Crippen LogP contribution in [0.15, 0.2) is 22.7 Å². The Morgan fingerprint density at radius 1 is 1.20 bits per heavy atom. The van der Waals surface area contributed by atoms with Crippen LogP contribution in [-0.4, -0.2) is 27.5 Å². The highest BCUT2D eigenvalue weighted by Crippen LogP contribution is 2.24. The molecule has 0 amide bonds. The Morgan fingerprint density at radius 3 is 2.50 bits per heavy atom. The first-order valence-electron chi connectivity index (χ1n) is 5.30. The summed E-state index contributed by atoms with van der Waals surface area (Å²) in [6.07, 6.45) is -8.36. The number of rotatable bonds is 3. The van der Waals surface area contributed by atoms with Crippen LogP contribution in [0.25, 0.3) is 11.4 Å². The van der Waals surface area contributed by atoms with Crippen molar-refractivity contribution < 1.29 is 31.6 Å². The van der Waals surface area contributed by atoms with Crippen molar-refractivity contribution in [1.82, 2.24) is 10.1 Å². The summed E-state index contributed by atoms with van der Waals surface area (Å²) >= 11 is 0. The van der Waals surface area contributed by atoms with Crippen LogP contribution >= 0.6 is 0 Å². The normalized spacial score (nSPS) is 13.5. The second kappa shape index (κ2) is 5.16. The van der Waals surface area contributed by atoms with Gasteiger partial charge in [-0.25, -0.2) is 8.78 Å². The predicted molar refractivity (Wildman–Crippen MR) is 55.4 cm³/mol. The average molecular weight is 294 g/mol. The largest absolute Gasteiger partial charge is 0.414 e. The number of alkyl halides is 3. The fraction of sp³-hybridized carbons (Fsp3) is 0.273. The van der Waals surface area contributed by atoms with Crippen LogP contribution in [-0.2, 0) is 6.42 Å². The Hall–Kier alpha value is -2.03. The van der Waals surface area contributed by atoms with Gasteiger partial charge in [-0.3, -0.25) is 0 Å². The molecule has 2 aromatic rings. The van der Waals surface area contributed by atoms with E-state index in [0.29, 0.717) is 0 Å². The van der Waals surface area contributed by atoms with Gasteiger partial charge in [0.1, 0.15) is 0 Å². The number of hydrogen-bond acceptors (Lipinski definition) is 4. The van der Waals surface area contributed by atoms with E-state index in [9.17, 15) is 22.0 Å². The van der Waals surface area contributed by atoms with E-state index in [1.165, 1.54) is 0 Å². The molecule has 1 unspecified atom stereocenters. The Bertz CT molecular complexity index is 611. The maximum Gasteiger partial charge on any atom is 0.414 e. The van der Waals surface area contributed by atoms with Gasteiger partial charge in [-0.15, -0.1) is 0 Å². The molecule has 1 N–H and O–H groups in total. The predicted octanol–water partition coefficient (Wildman–Crippen LogP) is 2.48. The molecule has 108 valence electrons. The fourth-order valence-electron chi connectivity index (χ4n) is 1.37. The van der Waals surface area contributed by atoms with Gasteiger partial charge >= 0.3 is 6.18 Å². The van der Waals surface area contributed by atoms with Crippen molar-refractivity contribution in [3.63, 3.8) is 0 Å². The first-order chi connectivity index (χ1) is 9.27. The summed E-state index contributed by atoms with van der Waals surface area (Å²) in [5.41, 5.74) is 0.0420. The second-order valence-electron chi connectivity index (χ2n) is 3.90. The highest BCUT2D eigenvalue weighted by molar-refractivity contribution is 5.54. The summed E-state index contributed by atoms with van der Waals surface area (Å²) in [5.74, 6) is -2.89. The summed E-state index contributed by atoms with van der Waals surface area (Å²) in [4.78, 5) is 3.58. The molecule has 9 heteroatoms. The SMILES string of the molecule is OC(Cc1nc(-c2ccc(F)c(F)c2)no1)C(F)(F)F. The number of aliphatic hydroxyl groups is 1. The van der Waals surface area contributed by atoms with E-state index in [1.807, 2.05) is 0 Å². The van der Waals surface area contributed by atoms with E-state index in [2.05, 4.69) is 14.7 Å². The van der Waals surface area contributed by atoms with E-state index >= 15 is 0 Å². The number of aromatic nitrogens is 2. The molecule has 1 heterocycles. The highest BCUT2D eigenvalue weighted by Gasteiger charge is 2.39. The van der Waals surface area contributed by atoms with Gasteiger partial charge in [0.05, 0.1) is 6.42 Å². The molecule has 0 fully saturated rings. The lowest BCUT2D eigenvalue weighted by Gasteiger charge is -2.11. The molecule has 1 atom stereocenters. The van der Waals surface area contributed by atoms with Crippen LogP contribution in [0.4, 0.5) is 22.0 Å². The second-order valence-corrected chi connectivity index (χ2v) is 3.90. The van der Waals surface area contributed by atoms with Gasteiger partial charge in [0.2, 0.25) is 11.7 Å². The topological polar surface area (TPSA) is 59.2 Å². The monoisotopic (exact) mass is 294 g/mol. The molecule has 1 aromatic carbocycles. The van der Waals surface area contributed by atoms with Crippen molar-refractivity contribution in [2.75, 3.05) is 0 Å². The third kappa shape index (κ3) is 3.10. The minimum Gasteiger partial charge on any atom is -0.383 e. The Kier molecular flexibility index (Phi) is 3.71. The maximum atomic E-state index is 13.0. The molecule has 2 rings (SSSR count). The number of nitrogens with zero attached hydrogens (tertiary/aromatic N) is 2. The van der Waals surface area contributed by atoms with Crippen molar-refractivity contribution in [2.24, 2.45) is 0 Å². The zero-order valence-electron chi connectivity index (χ0n) is 9.66. The summed E-state index contributed by atoms with van der Waals surface area (Å²) in [6, 6.07) is 2.75. The molecular formula is C11H7F5N2O2. The van der Waals surface area contributed by atoms with Crippen LogP contribution in [0, 0.1) is 11.6 Å². The van der Waals surface area contributed by atoms with E-state index in [4.69, 9.17) is 5.11 Å². The van der Waals surface area contributed by atoms with Crippen molar-refractivity contribution in [3.8, 4) is 11.4 Å². The number of aliphatic hydroxyl groups excluding tert-OH is 1. The summed E-state index contributed by atoms with van der Waals surface area (Å²) in [7, 11) is 0. The zero-order valence-corrected chi connectivity index (χ0v) is 9.66. The molecular weight excluding hydrogens is 287 g/mol. The third-order valence-electron chi connectivity index (χ3n) is 2.39. The van der Waals surface area contributed by atoms with E-state index in [0.717, 1.165) is 18.2 Å². The van der Waals surface area contributed by atoms with E-state index in [1.54, 1.807) is 0 Å². The minimum atomic E-state index is -4.81. The molecule has 4 nitrogen and oxygen atoms in total. The molecule has 0 spiro atoms. The van der Waals surface area contributed by atoms with Crippen molar-refractivity contribution in [1.29, 1.82) is 0 Å². The molecule has 0 aliphatic carbocycles. The molecule has 0 aliphatic rings. The van der Waals surface area contributed by atoms with Gasteiger partial charge in [-0.2, -0.15) is 18.2 Å². The molecule has 20 heavy (non-hydrogen) atoms. The summed E-state index contributed by atoms with van der Waals surface area (Å²) in [6.45, 7) is 0. The lowest BCUT2D eigenvalue weighted by atomic mass is 10.2. The van der Waals surface area contributed by atoms with E-state index < -0.39 is 36.2 Å². The van der Waals surface area contributed by atoms with Crippen LogP contribution in [0.5, 0.6) is 0 Å². The van der Waals surface area contributed by atoms with Crippen molar-refractivity contribution >= 4 is 0 Å². The molecule has 1 aromatic heterocycles. The molecule has 0 bridgehead atoms. The minimum absolute atomic E-state index is 0.0420. The van der Waals surface area contributed by atoms with Gasteiger partial charge in [-0.1, -0.05) is 5.16 Å². The van der Waals surface area contributed by atoms with Gasteiger partial charge in [-0.05, 0) is 18.2 Å². The third-order valence-corrected chi connectivity index (χ3v) is 2.39. The lowest BCUT2D eigenvalue weighted by Crippen LogP contribution is -2.30. The quantitative estimate of drug-likeness (QED) is 0.884. The van der Waals surface area contributed by atoms with Gasteiger partial charge in [0, 0.05) is 5.56 Å². The lowest BCUT2D eigenvalue weighted by molar-refractivity contribution is -0.204. The number of hydrogen-bond donors (Lipinski definition) is 1. The van der Waals surface area contributed by atoms with Crippen molar-refractivity contribution in [3.05, 3.63) is 35.7 Å². The average Bonchev–Trinajstić information content (AvgIpc) is 2.80. The van der Waals surface area contributed by atoms with Gasteiger partial charge in [0.25, 0.3) is 0 Å². The van der Waals surface area contributed by atoms with Crippen LogP contribution in [0.3, 0.4) is 0 Å². The highest BCUT2D eigenvalue weighted by atomic mass is 19.4. The summed E-state index contributed by atoms with van der Waals surface area (Å²) in [5, 5.41) is 12.2. The smallest absolute Gasteiger partial charge is 0.383 e. The maximum absolute atomic E-state index is 13.0. The Labute approximate surface area is 108 Å². The number of halogens is 5. The van der Waals surface area contributed by atoms with Crippen LogP contribution in [0.2, 0.25) is 0 Å². The molecule has 0 saturated carbocycles. The summed E-state index contributed by atoms with van der Waals surface area (Å²) < 4.78 is 66.6. The Balaban J connectivity index is 2.18. The standard InChI is InChI=1S/C11H7F5N2O2/c12-6-2-1-5(3-7(6)13)10-17-9(20-18-10)4-8(19)11(14,15)16/h1-3,8,19H,4H2. The molecule has 0 aliphatic heterocycles. The van der Waals surface area contributed by atoms with Crippen LogP contribution in [0.1, 0.15) is 5.89 Å². The van der Waals surface area contributed by atoms with Gasteiger partial charge < -0.3 is 9.63 Å². The molecule has 0 saturated heterocycles. The first-order valence-corrected chi connectivity index (χ1v) is 5.30. The first kappa shape index (κ1) is 14.4. The fourth-order valence-corrected chi connectivity index (χ4v) is 1.37. The van der Waals surface area contributed by atoms with Crippen LogP contribution < -0.4 is 0 Å². The zero-order chi connectivity index (χ0) is 14.9. The van der Waals surface area contributed by atoms with E-state index in [-0.39, 0.29) is 11.4 Å². The Morgan fingerprint density at radius 2 is 1.90 bits per heavy atom. The van der Waals surface area contributed by atoms with Gasteiger partial charge in [0.15, 0.2) is 17.7 Å². The molecule has 0 radical (unpaired) electrons. The van der Waals surface area contributed by atoms with Crippen molar-refractivity contribution in [2.45, 2.75) is 18.7 Å². The number of benzene rings is 1.